The van der Waals surface area contributed by atoms with Crippen molar-refractivity contribution < 1.29 is 14.3 Å². The number of benzene rings is 1. The fraction of sp³-hybridized carbons (Fsp3) is 0.462. The first kappa shape index (κ1) is 19.0. The van der Waals surface area contributed by atoms with Gasteiger partial charge in [0.25, 0.3) is 5.91 Å². The Labute approximate surface area is 130 Å². The maximum Gasteiger partial charge on any atom is 0.255 e. The third-order valence-electron chi connectivity index (χ3n) is 2.39. The van der Waals surface area contributed by atoms with E-state index in [4.69, 9.17) is 21.1 Å². The van der Waals surface area contributed by atoms with Gasteiger partial charge >= 0.3 is 0 Å². The van der Waals surface area contributed by atoms with Gasteiger partial charge in [-0.1, -0.05) is 11.6 Å². The Morgan fingerprint density at radius 3 is 2.70 bits per heavy atom. The Hall–Kier alpha value is -1.01. The average Bonchev–Trinajstić information content (AvgIpc) is 2.40. The Morgan fingerprint density at radius 2 is 2.05 bits per heavy atom. The molecule has 0 aromatic heterocycles. The van der Waals surface area contributed by atoms with Crippen LogP contribution >= 0.6 is 24.0 Å². The number of nitrogens with one attached hydrogen (secondary N) is 2. The van der Waals surface area contributed by atoms with Crippen molar-refractivity contribution in [3.8, 4) is 5.75 Å². The molecule has 2 N–H and O–H groups in total. The molecule has 0 bridgehead atoms. The molecule has 1 aromatic rings. The second kappa shape index (κ2) is 10.7. The van der Waals surface area contributed by atoms with E-state index >= 15 is 0 Å². The number of carbonyl (C=O) groups excluding carboxylic acids is 1. The van der Waals surface area contributed by atoms with Gasteiger partial charge in [0.05, 0.1) is 12.2 Å². The molecule has 0 aliphatic heterocycles. The van der Waals surface area contributed by atoms with Gasteiger partial charge in [0.1, 0.15) is 12.4 Å². The topological polar surface area (TPSA) is 59.6 Å². The minimum absolute atomic E-state index is 0. The molecule has 0 radical (unpaired) electrons. The first-order valence-electron chi connectivity index (χ1n) is 6.03. The maximum atomic E-state index is 12.0. The molecule has 0 atom stereocenters. The first-order valence-corrected chi connectivity index (χ1v) is 6.41. The lowest BCUT2D eigenvalue weighted by atomic mass is 10.2. The van der Waals surface area contributed by atoms with Crippen LogP contribution in [0.5, 0.6) is 5.75 Å². The Bertz CT molecular complexity index is 417. The molecule has 0 spiro atoms. The van der Waals surface area contributed by atoms with Crippen LogP contribution in [0.4, 0.5) is 0 Å². The maximum absolute atomic E-state index is 12.0. The number of hydrogen-bond donors (Lipinski definition) is 2. The molecular formula is C13H20Cl2N2O3. The van der Waals surface area contributed by atoms with E-state index in [-0.39, 0.29) is 18.3 Å². The van der Waals surface area contributed by atoms with Crippen LogP contribution in [0.2, 0.25) is 5.02 Å². The standard InChI is InChI=1S/C13H19ClN2O3.ClH/c1-15-5-6-16-13(17)11-9-10(14)3-4-12(11)19-8-7-18-2;/h3-4,9,15H,5-8H2,1-2H3,(H,16,17);1H. The molecular weight excluding hydrogens is 303 g/mol. The highest BCUT2D eigenvalue weighted by Crippen LogP contribution is 2.22. The first-order chi connectivity index (χ1) is 9.19. The van der Waals surface area contributed by atoms with Crippen molar-refractivity contribution in [2.24, 2.45) is 0 Å². The molecule has 0 saturated heterocycles. The second-order valence-corrected chi connectivity index (χ2v) is 4.28. The SMILES string of the molecule is CNCCNC(=O)c1cc(Cl)ccc1OCCOC.Cl. The molecule has 0 aliphatic rings. The quantitative estimate of drug-likeness (QED) is 0.716. The van der Waals surface area contributed by atoms with Gasteiger partial charge < -0.3 is 20.1 Å². The molecule has 0 aliphatic carbocycles. The molecule has 1 aromatic carbocycles. The van der Waals surface area contributed by atoms with E-state index in [1.54, 1.807) is 25.3 Å². The van der Waals surface area contributed by atoms with Gasteiger partial charge in [0.15, 0.2) is 0 Å². The number of ether oxygens (including phenoxy) is 2. The van der Waals surface area contributed by atoms with Crippen LogP contribution in [0, 0.1) is 0 Å². The lowest BCUT2D eigenvalue weighted by Crippen LogP contribution is -2.30. The van der Waals surface area contributed by atoms with Gasteiger partial charge in [-0.3, -0.25) is 4.79 Å². The average molecular weight is 323 g/mol. The van der Waals surface area contributed by atoms with E-state index in [1.165, 1.54) is 0 Å². The van der Waals surface area contributed by atoms with Crippen molar-refractivity contribution in [3.05, 3.63) is 28.8 Å². The van der Waals surface area contributed by atoms with E-state index in [1.807, 2.05) is 7.05 Å². The molecule has 5 nitrogen and oxygen atoms in total. The summed E-state index contributed by atoms with van der Waals surface area (Å²) in [6, 6.07) is 4.97. The summed E-state index contributed by atoms with van der Waals surface area (Å²) < 4.78 is 10.4. The minimum atomic E-state index is -0.204. The third-order valence-corrected chi connectivity index (χ3v) is 2.63. The van der Waals surface area contributed by atoms with Crippen LogP contribution in [-0.4, -0.2) is 46.4 Å². The smallest absolute Gasteiger partial charge is 0.255 e. The van der Waals surface area contributed by atoms with Gasteiger partial charge in [0.2, 0.25) is 0 Å². The molecule has 0 saturated carbocycles. The molecule has 0 fully saturated rings. The molecule has 114 valence electrons. The Kier molecular flexibility index (Phi) is 10.2. The van der Waals surface area contributed by atoms with Gasteiger partial charge in [-0.2, -0.15) is 0 Å². The zero-order chi connectivity index (χ0) is 14.1. The minimum Gasteiger partial charge on any atom is -0.490 e. The number of hydrogen-bond acceptors (Lipinski definition) is 4. The summed E-state index contributed by atoms with van der Waals surface area (Å²) in [5.41, 5.74) is 0.430. The Balaban J connectivity index is 0.00000361. The summed E-state index contributed by atoms with van der Waals surface area (Å²) in [6.45, 7) is 2.09. The van der Waals surface area contributed by atoms with Crippen molar-refractivity contribution >= 4 is 29.9 Å². The van der Waals surface area contributed by atoms with Gasteiger partial charge in [0, 0.05) is 25.2 Å². The van der Waals surface area contributed by atoms with Crippen LogP contribution in [0.15, 0.2) is 18.2 Å². The number of rotatable bonds is 8. The highest BCUT2D eigenvalue weighted by Gasteiger charge is 2.12. The van der Waals surface area contributed by atoms with Crippen LogP contribution in [0.3, 0.4) is 0 Å². The zero-order valence-corrected chi connectivity index (χ0v) is 13.1. The highest BCUT2D eigenvalue weighted by molar-refractivity contribution is 6.31. The van der Waals surface area contributed by atoms with Crippen LogP contribution in [0.1, 0.15) is 10.4 Å². The predicted octanol–water partition coefficient (Wildman–Crippen LogP) is 1.74. The largest absolute Gasteiger partial charge is 0.490 e. The molecule has 1 amide bonds. The number of amides is 1. The number of carbonyl (C=O) groups is 1. The van der Waals surface area contributed by atoms with E-state index in [0.717, 1.165) is 0 Å². The number of halogens is 2. The normalized spacial score (nSPS) is 9.75. The summed E-state index contributed by atoms with van der Waals surface area (Å²) in [4.78, 5) is 12.0. The number of methoxy groups -OCH3 is 1. The van der Waals surface area contributed by atoms with Gasteiger partial charge in [-0.15, -0.1) is 12.4 Å². The summed E-state index contributed by atoms with van der Waals surface area (Å²) >= 11 is 5.91. The van der Waals surface area contributed by atoms with Crippen molar-refractivity contribution in [1.29, 1.82) is 0 Å². The van der Waals surface area contributed by atoms with Crippen molar-refractivity contribution in [1.82, 2.24) is 10.6 Å². The molecule has 7 heteroatoms. The van der Waals surface area contributed by atoms with Crippen LogP contribution in [0.25, 0.3) is 0 Å². The van der Waals surface area contributed by atoms with Crippen LogP contribution < -0.4 is 15.4 Å². The fourth-order valence-electron chi connectivity index (χ4n) is 1.44. The summed E-state index contributed by atoms with van der Waals surface area (Å²) in [5, 5.41) is 6.24. The predicted molar refractivity (Wildman–Crippen MR) is 82.3 cm³/mol. The van der Waals surface area contributed by atoms with Gasteiger partial charge in [-0.25, -0.2) is 0 Å². The third kappa shape index (κ3) is 6.43. The lowest BCUT2D eigenvalue weighted by Gasteiger charge is -2.12. The van der Waals surface area contributed by atoms with E-state index < -0.39 is 0 Å². The Morgan fingerprint density at radius 1 is 1.30 bits per heavy atom. The van der Waals surface area contributed by atoms with E-state index in [0.29, 0.717) is 42.6 Å². The van der Waals surface area contributed by atoms with Gasteiger partial charge in [-0.05, 0) is 25.2 Å². The summed E-state index contributed by atoms with van der Waals surface area (Å²) in [7, 11) is 3.42. The van der Waals surface area contributed by atoms with Crippen molar-refractivity contribution in [2.45, 2.75) is 0 Å². The molecule has 20 heavy (non-hydrogen) atoms. The van der Waals surface area contributed by atoms with E-state index in [2.05, 4.69) is 10.6 Å². The lowest BCUT2D eigenvalue weighted by molar-refractivity contribution is 0.0946. The highest BCUT2D eigenvalue weighted by atomic mass is 35.5. The van der Waals surface area contributed by atoms with E-state index in [9.17, 15) is 4.79 Å². The second-order valence-electron chi connectivity index (χ2n) is 3.84. The van der Waals surface area contributed by atoms with Crippen LogP contribution in [-0.2, 0) is 4.74 Å². The molecule has 0 unspecified atom stereocenters. The van der Waals surface area contributed by atoms with Crippen molar-refractivity contribution in [2.75, 3.05) is 40.5 Å². The fourth-order valence-corrected chi connectivity index (χ4v) is 1.61. The molecule has 0 heterocycles. The number of likely N-dealkylation sites (N-methyl/N-ethyl adjacent to an activating group) is 1. The summed E-state index contributed by atoms with van der Waals surface area (Å²) in [6.07, 6.45) is 0. The summed E-state index contributed by atoms with van der Waals surface area (Å²) in [5.74, 6) is 0.300. The monoisotopic (exact) mass is 322 g/mol. The molecule has 1 rings (SSSR count). The van der Waals surface area contributed by atoms with Crippen molar-refractivity contribution in [3.63, 3.8) is 0 Å². The zero-order valence-electron chi connectivity index (χ0n) is 11.6.